The second kappa shape index (κ2) is 5.64. The number of hydrogen-bond donors (Lipinski definition) is 0. The van der Waals surface area contributed by atoms with E-state index in [4.69, 9.17) is 4.98 Å². The van der Waals surface area contributed by atoms with E-state index in [0.29, 0.717) is 0 Å². The zero-order chi connectivity index (χ0) is 15.1. The molecule has 0 fully saturated rings. The van der Waals surface area contributed by atoms with Gasteiger partial charge in [-0.05, 0) is 47.1 Å². The molecular weight excluding hydrogens is 380 g/mol. The fourth-order valence-corrected chi connectivity index (χ4v) is 4.76. The molecule has 0 saturated carbocycles. The molecule has 3 aromatic heterocycles. The van der Waals surface area contributed by atoms with Crippen LogP contribution in [0.3, 0.4) is 0 Å². The van der Waals surface area contributed by atoms with Crippen LogP contribution in [-0.2, 0) is 5.75 Å². The second-order valence-corrected chi connectivity index (χ2v) is 8.29. The number of fused-ring (bicyclic) bond motifs is 3. The Morgan fingerprint density at radius 2 is 2.05 bits per heavy atom. The van der Waals surface area contributed by atoms with E-state index in [1.54, 1.807) is 23.1 Å². The Labute approximate surface area is 143 Å². The number of nitrogens with zero attached hydrogens (tertiary/aromatic N) is 4. The Morgan fingerprint density at radius 1 is 1.18 bits per heavy atom. The molecule has 1 aromatic carbocycles. The lowest BCUT2D eigenvalue weighted by Gasteiger charge is -2.05. The first-order valence-electron chi connectivity index (χ1n) is 6.70. The van der Waals surface area contributed by atoms with E-state index in [2.05, 4.69) is 38.1 Å². The molecule has 0 unspecified atom stereocenters. The van der Waals surface area contributed by atoms with Gasteiger partial charge < -0.3 is 0 Å². The molecular formula is C15H11BrN4S2. The molecule has 3 heterocycles. The van der Waals surface area contributed by atoms with Crippen LogP contribution in [0.5, 0.6) is 0 Å². The minimum absolute atomic E-state index is 0.763. The van der Waals surface area contributed by atoms with Crippen molar-refractivity contribution in [3.05, 3.63) is 50.9 Å². The van der Waals surface area contributed by atoms with E-state index in [9.17, 15) is 0 Å². The molecule has 0 amide bonds. The molecule has 0 N–H and O–H groups in total. The molecule has 4 aromatic rings. The van der Waals surface area contributed by atoms with E-state index < -0.39 is 0 Å². The summed E-state index contributed by atoms with van der Waals surface area (Å²) < 4.78 is 3.00. The standard InChI is InChI=1S/C15H11BrN4S2/c1-9-17-14-11-4-2-3-5-12(11)18-15(20(14)19-9)21-8-10-6-7-13(16)22-10/h2-7H,8H2,1H3. The first-order valence-corrected chi connectivity index (χ1v) is 9.29. The van der Waals surface area contributed by atoms with Crippen LogP contribution in [0.25, 0.3) is 16.6 Å². The largest absolute Gasteiger partial charge is 0.222 e. The molecule has 110 valence electrons. The van der Waals surface area contributed by atoms with Gasteiger partial charge >= 0.3 is 0 Å². The lowest BCUT2D eigenvalue weighted by atomic mass is 10.2. The quantitative estimate of drug-likeness (QED) is 0.375. The third-order valence-corrected chi connectivity index (χ3v) is 6.01. The summed E-state index contributed by atoms with van der Waals surface area (Å²) in [6.07, 6.45) is 0. The Kier molecular flexibility index (Phi) is 3.63. The topological polar surface area (TPSA) is 43.1 Å². The summed E-state index contributed by atoms with van der Waals surface area (Å²) >= 11 is 6.93. The summed E-state index contributed by atoms with van der Waals surface area (Å²) in [4.78, 5) is 10.6. The third kappa shape index (κ3) is 2.53. The van der Waals surface area contributed by atoms with Crippen LogP contribution in [-0.4, -0.2) is 19.6 Å². The maximum absolute atomic E-state index is 4.75. The molecule has 0 aliphatic rings. The smallest absolute Gasteiger partial charge is 0.191 e. The van der Waals surface area contributed by atoms with Gasteiger partial charge in [0.2, 0.25) is 0 Å². The number of rotatable bonds is 3. The lowest BCUT2D eigenvalue weighted by Crippen LogP contribution is -1.98. The Hall–Kier alpha value is -1.44. The zero-order valence-electron chi connectivity index (χ0n) is 11.7. The van der Waals surface area contributed by atoms with Crippen LogP contribution in [0.1, 0.15) is 10.7 Å². The monoisotopic (exact) mass is 390 g/mol. The predicted molar refractivity (Wildman–Crippen MR) is 94.6 cm³/mol. The number of hydrogen-bond acceptors (Lipinski definition) is 5. The summed E-state index contributed by atoms with van der Waals surface area (Å²) in [5.74, 6) is 1.63. The van der Waals surface area contributed by atoms with Crippen molar-refractivity contribution >= 4 is 55.6 Å². The third-order valence-electron chi connectivity index (χ3n) is 3.23. The van der Waals surface area contributed by atoms with E-state index >= 15 is 0 Å². The highest BCUT2D eigenvalue weighted by Gasteiger charge is 2.12. The van der Waals surface area contributed by atoms with Gasteiger partial charge in [-0.2, -0.15) is 4.52 Å². The van der Waals surface area contributed by atoms with Crippen LogP contribution in [0.2, 0.25) is 0 Å². The van der Waals surface area contributed by atoms with Gasteiger partial charge in [0.1, 0.15) is 5.82 Å². The Morgan fingerprint density at radius 3 is 2.86 bits per heavy atom. The van der Waals surface area contributed by atoms with Crippen molar-refractivity contribution in [1.29, 1.82) is 0 Å². The number of thiophene rings is 1. The van der Waals surface area contributed by atoms with E-state index in [-0.39, 0.29) is 0 Å². The van der Waals surface area contributed by atoms with Crippen LogP contribution >= 0.6 is 39.0 Å². The SMILES string of the molecule is Cc1nc2c3ccccc3nc(SCc3ccc(Br)s3)n2n1. The number of aryl methyl sites for hydroxylation is 1. The number of aromatic nitrogens is 4. The first kappa shape index (κ1) is 14.2. The molecule has 0 aliphatic heterocycles. The maximum Gasteiger partial charge on any atom is 0.191 e. The van der Waals surface area contributed by atoms with Gasteiger partial charge in [0.05, 0.1) is 9.30 Å². The van der Waals surface area contributed by atoms with Gasteiger partial charge in [-0.25, -0.2) is 9.97 Å². The Balaban J connectivity index is 1.80. The van der Waals surface area contributed by atoms with Gasteiger partial charge in [0, 0.05) is 16.0 Å². The molecule has 0 saturated heterocycles. The highest BCUT2D eigenvalue weighted by atomic mass is 79.9. The number of benzene rings is 1. The predicted octanol–water partition coefficient (Wildman–Crippen LogP) is 4.70. The van der Waals surface area contributed by atoms with Crippen molar-refractivity contribution in [2.24, 2.45) is 0 Å². The van der Waals surface area contributed by atoms with Gasteiger partial charge in [-0.3, -0.25) is 0 Å². The van der Waals surface area contributed by atoms with E-state index in [1.165, 1.54) is 4.88 Å². The summed E-state index contributed by atoms with van der Waals surface area (Å²) in [6, 6.07) is 12.3. The van der Waals surface area contributed by atoms with E-state index in [0.717, 1.165) is 37.1 Å². The van der Waals surface area contributed by atoms with E-state index in [1.807, 2.05) is 35.7 Å². The lowest BCUT2D eigenvalue weighted by molar-refractivity contribution is 0.797. The molecule has 4 nitrogen and oxygen atoms in total. The van der Waals surface area contributed by atoms with Gasteiger partial charge in [0.15, 0.2) is 10.8 Å². The Bertz CT molecular complexity index is 976. The molecule has 7 heteroatoms. The summed E-state index contributed by atoms with van der Waals surface area (Å²) in [6.45, 7) is 1.91. The first-order chi connectivity index (χ1) is 10.7. The second-order valence-electron chi connectivity index (χ2n) is 4.80. The summed E-state index contributed by atoms with van der Waals surface area (Å²) in [5, 5.41) is 6.40. The van der Waals surface area contributed by atoms with Gasteiger partial charge in [-0.15, -0.1) is 16.4 Å². The van der Waals surface area contributed by atoms with Gasteiger partial charge in [-0.1, -0.05) is 23.9 Å². The number of para-hydroxylation sites is 1. The molecule has 0 atom stereocenters. The van der Waals surface area contributed by atoms with Crippen molar-refractivity contribution in [2.45, 2.75) is 17.8 Å². The van der Waals surface area contributed by atoms with Crippen molar-refractivity contribution < 1.29 is 0 Å². The van der Waals surface area contributed by atoms with Crippen LogP contribution in [0.15, 0.2) is 45.3 Å². The number of thioether (sulfide) groups is 1. The fourth-order valence-electron chi connectivity index (χ4n) is 2.29. The molecule has 0 aliphatic carbocycles. The minimum atomic E-state index is 0.763. The highest BCUT2D eigenvalue weighted by molar-refractivity contribution is 9.11. The van der Waals surface area contributed by atoms with Crippen LogP contribution in [0, 0.1) is 6.92 Å². The average molecular weight is 391 g/mol. The molecule has 22 heavy (non-hydrogen) atoms. The van der Waals surface area contributed by atoms with Crippen molar-refractivity contribution in [3.8, 4) is 0 Å². The average Bonchev–Trinajstić information content (AvgIpc) is 3.10. The minimum Gasteiger partial charge on any atom is -0.222 e. The highest BCUT2D eigenvalue weighted by Crippen LogP contribution is 2.30. The van der Waals surface area contributed by atoms with Crippen LogP contribution in [0.4, 0.5) is 0 Å². The summed E-state index contributed by atoms with van der Waals surface area (Å²) in [5.41, 5.74) is 1.83. The van der Waals surface area contributed by atoms with Crippen molar-refractivity contribution in [2.75, 3.05) is 0 Å². The van der Waals surface area contributed by atoms with Crippen LogP contribution < -0.4 is 0 Å². The maximum atomic E-state index is 4.75. The summed E-state index contributed by atoms with van der Waals surface area (Å²) in [7, 11) is 0. The van der Waals surface area contributed by atoms with Crippen molar-refractivity contribution in [3.63, 3.8) is 0 Å². The normalized spacial score (nSPS) is 11.5. The van der Waals surface area contributed by atoms with Crippen molar-refractivity contribution in [1.82, 2.24) is 19.6 Å². The van der Waals surface area contributed by atoms with Gasteiger partial charge in [0.25, 0.3) is 0 Å². The molecule has 0 spiro atoms. The zero-order valence-corrected chi connectivity index (χ0v) is 14.9. The molecule has 0 bridgehead atoms. The molecule has 0 radical (unpaired) electrons. The molecule has 4 rings (SSSR count). The number of halogens is 1. The fraction of sp³-hybridized carbons (Fsp3) is 0.133.